The van der Waals surface area contributed by atoms with Crippen molar-refractivity contribution >= 4 is 11.6 Å². The molecule has 1 atom stereocenters. The van der Waals surface area contributed by atoms with E-state index < -0.39 is 23.6 Å². The van der Waals surface area contributed by atoms with Gasteiger partial charge >= 0.3 is 0 Å². The number of methoxy groups -OCH3 is 1. The highest BCUT2D eigenvalue weighted by Gasteiger charge is 2.17. The van der Waals surface area contributed by atoms with Gasteiger partial charge in [0.05, 0.1) is 5.69 Å². The lowest BCUT2D eigenvalue weighted by Crippen LogP contribution is -2.36. The van der Waals surface area contributed by atoms with Crippen LogP contribution in [0, 0.1) is 11.6 Å². The van der Waals surface area contributed by atoms with Crippen LogP contribution >= 0.6 is 0 Å². The fraction of sp³-hybridized carbons (Fsp3) is 0.300. The van der Waals surface area contributed by atoms with Gasteiger partial charge in [0.1, 0.15) is 17.7 Å². The zero-order valence-corrected chi connectivity index (χ0v) is 8.67. The maximum atomic E-state index is 13.1. The van der Waals surface area contributed by atoms with Crippen LogP contribution in [-0.2, 0) is 9.53 Å². The molecule has 1 amide bonds. The maximum Gasteiger partial charge on any atom is 0.254 e. The molecule has 0 aromatic heterocycles. The third kappa shape index (κ3) is 2.98. The van der Waals surface area contributed by atoms with Crippen LogP contribution < -0.4 is 11.1 Å². The van der Waals surface area contributed by atoms with Crippen molar-refractivity contribution in [3.63, 3.8) is 0 Å². The number of ether oxygens (including phenoxy) is 1. The molecule has 1 aromatic carbocycles. The second-order valence-electron chi connectivity index (χ2n) is 3.07. The minimum absolute atomic E-state index is 0.0424. The number of rotatable bonds is 4. The number of anilines is 1. The van der Waals surface area contributed by atoms with Crippen LogP contribution in [0.3, 0.4) is 0 Å². The zero-order chi connectivity index (χ0) is 12.1. The van der Waals surface area contributed by atoms with Gasteiger partial charge in [-0.3, -0.25) is 4.79 Å². The summed E-state index contributed by atoms with van der Waals surface area (Å²) in [5.41, 5.74) is 5.02. The Morgan fingerprint density at radius 3 is 2.81 bits per heavy atom. The first-order valence-electron chi connectivity index (χ1n) is 4.57. The molecule has 88 valence electrons. The number of benzene rings is 1. The molecule has 1 rings (SSSR count). The molecule has 4 nitrogen and oxygen atoms in total. The van der Waals surface area contributed by atoms with Crippen molar-refractivity contribution in [3.8, 4) is 0 Å². The molecule has 3 N–H and O–H groups in total. The Bertz CT molecular complexity index is 381. The summed E-state index contributed by atoms with van der Waals surface area (Å²) >= 11 is 0. The number of nitrogens with one attached hydrogen (secondary N) is 1. The number of nitrogens with two attached hydrogens (primary N) is 1. The minimum atomic E-state index is -0.886. The summed E-state index contributed by atoms with van der Waals surface area (Å²) in [5, 5.41) is 2.19. The topological polar surface area (TPSA) is 64.3 Å². The first kappa shape index (κ1) is 12.5. The highest BCUT2D eigenvalue weighted by atomic mass is 19.1. The van der Waals surface area contributed by atoms with Gasteiger partial charge in [-0.15, -0.1) is 0 Å². The van der Waals surface area contributed by atoms with Crippen molar-refractivity contribution in [2.24, 2.45) is 5.73 Å². The molecular formula is C10H12F2N2O2. The molecule has 0 fully saturated rings. The van der Waals surface area contributed by atoms with E-state index in [9.17, 15) is 13.6 Å². The molecule has 0 spiro atoms. The minimum Gasteiger partial charge on any atom is -0.370 e. The zero-order valence-electron chi connectivity index (χ0n) is 8.67. The summed E-state index contributed by atoms with van der Waals surface area (Å²) in [6.07, 6.45) is -0.886. The predicted octanol–water partition coefficient (Wildman–Crippen LogP) is 0.877. The largest absolute Gasteiger partial charge is 0.370 e. The van der Waals surface area contributed by atoms with Crippen molar-refractivity contribution < 1.29 is 18.3 Å². The SMILES string of the molecule is COC(CN)C(=O)Nc1cc(F)ccc1F. The Morgan fingerprint density at radius 1 is 1.56 bits per heavy atom. The Labute approximate surface area is 91.4 Å². The van der Waals surface area contributed by atoms with Crippen molar-refractivity contribution in [1.82, 2.24) is 0 Å². The average molecular weight is 230 g/mol. The molecule has 0 saturated carbocycles. The summed E-state index contributed by atoms with van der Waals surface area (Å²) in [6.45, 7) is -0.0424. The molecule has 16 heavy (non-hydrogen) atoms. The maximum absolute atomic E-state index is 13.1. The van der Waals surface area contributed by atoms with Crippen molar-refractivity contribution in [2.45, 2.75) is 6.10 Å². The van der Waals surface area contributed by atoms with Crippen LogP contribution in [0.1, 0.15) is 0 Å². The molecule has 0 heterocycles. The molecule has 6 heteroatoms. The molecule has 0 bridgehead atoms. The van der Waals surface area contributed by atoms with E-state index in [4.69, 9.17) is 10.5 Å². The van der Waals surface area contributed by atoms with Gasteiger partial charge in [0.25, 0.3) is 5.91 Å². The summed E-state index contributed by atoms with van der Waals surface area (Å²) in [4.78, 5) is 11.4. The van der Waals surface area contributed by atoms with E-state index in [1.165, 1.54) is 7.11 Å². The monoisotopic (exact) mass is 230 g/mol. The van der Waals surface area contributed by atoms with Crippen molar-refractivity contribution in [1.29, 1.82) is 0 Å². The summed E-state index contributed by atoms with van der Waals surface area (Å²) in [5.74, 6) is -1.98. The fourth-order valence-electron chi connectivity index (χ4n) is 1.12. The number of carbonyl (C=O) groups is 1. The quantitative estimate of drug-likeness (QED) is 0.806. The predicted molar refractivity (Wildman–Crippen MR) is 54.8 cm³/mol. The standard InChI is InChI=1S/C10H12F2N2O2/c1-16-9(5-13)10(15)14-8-4-6(11)2-3-7(8)12/h2-4,9H,5,13H2,1H3,(H,14,15). The number of amides is 1. The Morgan fingerprint density at radius 2 is 2.25 bits per heavy atom. The van der Waals surface area contributed by atoms with Gasteiger partial charge in [-0.1, -0.05) is 0 Å². The Balaban J connectivity index is 2.80. The highest BCUT2D eigenvalue weighted by molar-refractivity contribution is 5.94. The smallest absolute Gasteiger partial charge is 0.254 e. The van der Waals surface area contributed by atoms with E-state index in [-0.39, 0.29) is 12.2 Å². The lowest BCUT2D eigenvalue weighted by atomic mass is 10.2. The van der Waals surface area contributed by atoms with Gasteiger partial charge in [0, 0.05) is 19.7 Å². The number of hydrogen-bond acceptors (Lipinski definition) is 3. The average Bonchev–Trinajstić information content (AvgIpc) is 2.25. The van der Waals surface area contributed by atoms with Crippen molar-refractivity contribution in [2.75, 3.05) is 19.0 Å². The fourth-order valence-corrected chi connectivity index (χ4v) is 1.12. The van der Waals surface area contributed by atoms with Crippen LogP contribution in [0.5, 0.6) is 0 Å². The molecule has 0 aliphatic rings. The lowest BCUT2D eigenvalue weighted by molar-refractivity contribution is -0.125. The second kappa shape index (κ2) is 5.53. The van der Waals surface area contributed by atoms with Gasteiger partial charge in [0.15, 0.2) is 0 Å². The first-order valence-corrected chi connectivity index (χ1v) is 4.57. The van der Waals surface area contributed by atoms with Gasteiger partial charge in [0.2, 0.25) is 0 Å². The van der Waals surface area contributed by atoms with Gasteiger partial charge < -0.3 is 15.8 Å². The summed E-state index contributed by atoms with van der Waals surface area (Å²) in [6, 6.07) is 2.77. The van der Waals surface area contributed by atoms with Crippen molar-refractivity contribution in [3.05, 3.63) is 29.8 Å². The molecule has 0 saturated heterocycles. The molecule has 0 radical (unpaired) electrons. The number of hydrogen-bond donors (Lipinski definition) is 2. The summed E-state index contributed by atoms with van der Waals surface area (Å²) in [7, 11) is 1.30. The van der Waals surface area contributed by atoms with E-state index in [0.29, 0.717) is 0 Å². The molecule has 0 aliphatic carbocycles. The summed E-state index contributed by atoms with van der Waals surface area (Å²) < 4.78 is 30.7. The lowest BCUT2D eigenvalue weighted by Gasteiger charge is -2.13. The van der Waals surface area contributed by atoms with E-state index in [1.807, 2.05) is 0 Å². The highest BCUT2D eigenvalue weighted by Crippen LogP contribution is 2.15. The third-order valence-corrected chi connectivity index (χ3v) is 1.98. The van der Waals surface area contributed by atoms with Crippen LogP contribution in [-0.4, -0.2) is 25.7 Å². The second-order valence-corrected chi connectivity index (χ2v) is 3.07. The van der Waals surface area contributed by atoms with Gasteiger partial charge in [-0.25, -0.2) is 8.78 Å². The first-order chi connectivity index (χ1) is 7.58. The van der Waals surface area contributed by atoms with Gasteiger partial charge in [-0.05, 0) is 12.1 Å². The third-order valence-electron chi connectivity index (χ3n) is 1.98. The molecule has 0 aliphatic heterocycles. The van der Waals surface area contributed by atoms with E-state index in [0.717, 1.165) is 18.2 Å². The normalized spacial score (nSPS) is 12.2. The van der Waals surface area contributed by atoms with Crippen LogP contribution in [0.15, 0.2) is 18.2 Å². The number of halogens is 2. The van der Waals surface area contributed by atoms with Crippen LogP contribution in [0.4, 0.5) is 14.5 Å². The Kier molecular flexibility index (Phi) is 4.33. The Hall–Kier alpha value is -1.53. The molecular weight excluding hydrogens is 218 g/mol. The van der Waals surface area contributed by atoms with E-state index in [1.54, 1.807) is 0 Å². The van der Waals surface area contributed by atoms with E-state index in [2.05, 4.69) is 5.32 Å². The molecule has 1 unspecified atom stereocenters. The van der Waals surface area contributed by atoms with E-state index >= 15 is 0 Å². The molecule has 1 aromatic rings. The number of carbonyl (C=O) groups excluding carboxylic acids is 1. The van der Waals surface area contributed by atoms with Crippen LogP contribution in [0.2, 0.25) is 0 Å². The van der Waals surface area contributed by atoms with Gasteiger partial charge in [-0.2, -0.15) is 0 Å². The van der Waals surface area contributed by atoms with Crippen LogP contribution in [0.25, 0.3) is 0 Å².